The van der Waals surface area contributed by atoms with Gasteiger partial charge >= 0.3 is 0 Å². The first-order chi connectivity index (χ1) is 13.9. The van der Waals surface area contributed by atoms with Gasteiger partial charge in [-0.3, -0.25) is 0 Å². The Labute approximate surface area is 171 Å². The molecule has 29 heavy (non-hydrogen) atoms. The van der Waals surface area contributed by atoms with Crippen LogP contribution in [0, 0.1) is 0 Å². The summed E-state index contributed by atoms with van der Waals surface area (Å²) in [6.07, 6.45) is 3.70. The van der Waals surface area contributed by atoms with Crippen LogP contribution in [0.5, 0.6) is 0 Å². The van der Waals surface area contributed by atoms with Crippen molar-refractivity contribution in [3.63, 3.8) is 0 Å². The number of nitrogens with one attached hydrogen (secondary N) is 2. The molecule has 1 aromatic carbocycles. The maximum absolute atomic E-state index is 5.34. The van der Waals surface area contributed by atoms with Gasteiger partial charge in [-0.2, -0.15) is 10.1 Å². The Morgan fingerprint density at radius 3 is 2.76 bits per heavy atom. The number of guanidine groups is 1. The van der Waals surface area contributed by atoms with Gasteiger partial charge in [-0.1, -0.05) is 38.1 Å². The van der Waals surface area contributed by atoms with Gasteiger partial charge in [0.1, 0.15) is 6.54 Å². The second kappa shape index (κ2) is 8.89. The van der Waals surface area contributed by atoms with Crippen LogP contribution in [-0.2, 0) is 12.0 Å². The van der Waals surface area contributed by atoms with Crippen molar-refractivity contribution in [2.45, 2.75) is 52.6 Å². The lowest BCUT2D eigenvalue weighted by molar-refractivity contribution is 0.318. The predicted octanol–water partition coefficient (Wildman–Crippen LogP) is 3.37. The molecule has 0 bridgehead atoms. The Morgan fingerprint density at radius 1 is 1.28 bits per heavy atom. The van der Waals surface area contributed by atoms with Gasteiger partial charge in [0.15, 0.2) is 11.8 Å². The Hall–Kier alpha value is -3.16. The highest BCUT2D eigenvalue weighted by molar-refractivity contribution is 5.80. The van der Waals surface area contributed by atoms with E-state index in [4.69, 9.17) is 4.52 Å². The van der Waals surface area contributed by atoms with Crippen LogP contribution in [-0.4, -0.2) is 32.4 Å². The van der Waals surface area contributed by atoms with Gasteiger partial charge in [0, 0.05) is 24.4 Å². The molecule has 2 aromatic heterocycles. The van der Waals surface area contributed by atoms with Crippen LogP contribution in [0.4, 0.5) is 0 Å². The molecule has 0 radical (unpaired) electrons. The second-order valence-electron chi connectivity index (χ2n) is 7.87. The molecule has 1 atom stereocenters. The third kappa shape index (κ3) is 5.43. The summed E-state index contributed by atoms with van der Waals surface area (Å²) >= 11 is 0. The summed E-state index contributed by atoms with van der Waals surface area (Å²) in [7, 11) is 0. The van der Waals surface area contributed by atoms with E-state index in [0.717, 1.165) is 17.8 Å². The minimum atomic E-state index is -0.175. The number of rotatable bonds is 6. The van der Waals surface area contributed by atoms with E-state index in [1.165, 1.54) is 0 Å². The number of aliphatic imine (C=N–C) groups is 1. The van der Waals surface area contributed by atoms with Crippen molar-refractivity contribution in [3.8, 4) is 5.69 Å². The third-order valence-corrected chi connectivity index (χ3v) is 4.32. The monoisotopic (exact) mass is 395 g/mol. The van der Waals surface area contributed by atoms with Gasteiger partial charge in [-0.15, -0.1) is 0 Å². The summed E-state index contributed by atoms with van der Waals surface area (Å²) in [6.45, 7) is 11.3. The molecule has 3 rings (SSSR count). The van der Waals surface area contributed by atoms with Gasteiger partial charge in [-0.05, 0) is 37.6 Å². The number of hydrogen-bond donors (Lipinski definition) is 2. The second-order valence-corrected chi connectivity index (χ2v) is 7.87. The van der Waals surface area contributed by atoms with E-state index in [1.54, 1.807) is 6.20 Å². The fraction of sp³-hybridized carbons (Fsp3) is 0.429. The summed E-state index contributed by atoms with van der Waals surface area (Å²) in [4.78, 5) is 9.05. The quantitative estimate of drug-likeness (QED) is 0.491. The first-order valence-electron chi connectivity index (χ1n) is 9.84. The molecule has 2 N–H and O–H groups in total. The van der Waals surface area contributed by atoms with Crippen molar-refractivity contribution in [1.82, 2.24) is 30.6 Å². The molecule has 8 nitrogen and oxygen atoms in total. The minimum absolute atomic E-state index is 0.0544. The summed E-state index contributed by atoms with van der Waals surface area (Å²) in [5, 5.41) is 15.0. The molecule has 0 saturated carbocycles. The number of hydrogen-bond acceptors (Lipinski definition) is 5. The Bertz CT molecular complexity index is 938. The molecular weight excluding hydrogens is 366 g/mol. The highest BCUT2D eigenvalue weighted by Gasteiger charge is 2.21. The SMILES string of the molecule is CCNC(=NCc1noc(C(C)(C)C)n1)NC(C)c1cccc(-n2cccn2)c1. The van der Waals surface area contributed by atoms with E-state index in [9.17, 15) is 0 Å². The average molecular weight is 396 g/mol. The van der Waals surface area contributed by atoms with E-state index >= 15 is 0 Å². The topological polar surface area (TPSA) is 93.2 Å². The van der Waals surface area contributed by atoms with Crippen molar-refractivity contribution >= 4 is 5.96 Å². The summed E-state index contributed by atoms with van der Waals surface area (Å²) in [6, 6.07) is 10.2. The van der Waals surface area contributed by atoms with Crippen LogP contribution in [0.1, 0.15) is 57.9 Å². The molecule has 0 aliphatic heterocycles. The van der Waals surface area contributed by atoms with Crippen molar-refractivity contribution in [2.75, 3.05) is 6.54 Å². The van der Waals surface area contributed by atoms with Crippen LogP contribution >= 0.6 is 0 Å². The summed E-state index contributed by atoms with van der Waals surface area (Å²) in [5.41, 5.74) is 1.98. The number of aromatic nitrogens is 4. The smallest absolute Gasteiger partial charge is 0.232 e. The fourth-order valence-corrected chi connectivity index (χ4v) is 2.74. The molecule has 1 unspecified atom stereocenters. The average Bonchev–Trinajstić information content (AvgIpc) is 3.38. The molecule has 0 saturated heterocycles. The summed E-state index contributed by atoms with van der Waals surface area (Å²) in [5.74, 6) is 1.89. The van der Waals surface area contributed by atoms with Crippen LogP contribution in [0.25, 0.3) is 5.69 Å². The lowest BCUT2D eigenvalue weighted by atomic mass is 9.97. The Balaban J connectivity index is 1.70. The van der Waals surface area contributed by atoms with Crippen molar-refractivity contribution in [2.24, 2.45) is 4.99 Å². The minimum Gasteiger partial charge on any atom is -0.357 e. The standard InChI is InChI=1S/C21H29N7O/c1-6-22-20(23-14-18-26-19(29-27-18)21(3,4)5)25-15(2)16-9-7-10-17(13-16)28-12-8-11-24-28/h7-13,15H,6,14H2,1-5H3,(H2,22,23,25). The molecular formula is C21H29N7O. The molecule has 0 spiro atoms. The molecule has 2 heterocycles. The zero-order valence-corrected chi connectivity index (χ0v) is 17.7. The highest BCUT2D eigenvalue weighted by atomic mass is 16.5. The van der Waals surface area contributed by atoms with Crippen LogP contribution < -0.4 is 10.6 Å². The molecule has 0 fully saturated rings. The van der Waals surface area contributed by atoms with Gasteiger partial charge in [-0.25, -0.2) is 9.67 Å². The maximum Gasteiger partial charge on any atom is 0.232 e. The molecule has 0 aliphatic carbocycles. The normalized spacial score (nSPS) is 13.3. The lowest BCUT2D eigenvalue weighted by Crippen LogP contribution is -2.38. The van der Waals surface area contributed by atoms with E-state index in [1.807, 2.05) is 56.8 Å². The van der Waals surface area contributed by atoms with E-state index in [0.29, 0.717) is 24.2 Å². The summed E-state index contributed by atoms with van der Waals surface area (Å²) < 4.78 is 7.19. The van der Waals surface area contributed by atoms with Gasteiger partial charge < -0.3 is 15.2 Å². The van der Waals surface area contributed by atoms with Gasteiger partial charge in [0.25, 0.3) is 0 Å². The largest absolute Gasteiger partial charge is 0.357 e. The van der Waals surface area contributed by atoms with Crippen LogP contribution in [0.2, 0.25) is 0 Å². The number of benzene rings is 1. The highest BCUT2D eigenvalue weighted by Crippen LogP contribution is 2.20. The fourth-order valence-electron chi connectivity index (χ4n) is 2.74. The maximum atomic E-state index is 5.34. The van der Waals surface area contributed by atoms with Crippen molar-refractivity contribution in [1.29, 1.82) is 0 Å². The van der Waals surface area contributed by atoms with Crippen molar-refractivity contribution < 1.29 is 4.52 Å². The number of nitrogens with zero attached hydrogens (tertiary/aromatic N) is 5. The molecule has 3 aromatic rings. The van der Waals surface area contributed by atoms with E-state index in [2.05, 4.69) is 49.9 Å². The van der Waals surface area contributed by atoms with E-state index < -0.39 is 0 Å². The molecule has 154 valence electrons. The molecule has 0 amide bonds. The van der Waals surface area contributed by atoms with Crippen molar-refractivity contribution in [3.05, 3.63) is 60.0 Å². The van der Waals surface area contributed by atoms with Gasteiger partial charge in [0.05, 0.1) is 11.7 Å². The Kier molecular flexibility index (Phi) is 6.31. The first kappa shape index (κ1) is 20.6. The van der Waals surface area contributed by atoms with E-state index in [-0.39, 0.29) is 11.5 Å². The zero-order chi connectivity index (χ0) is 20.9. The lowest BCUT2D eigenvalue weighted by Gasteiger charge is -2.18. The van der Waals surface area contributed by atoms with Crippen LogP contribution in [0.3, 0.4) is 0 Å². The first-order valence-corrected chi connectivity index (χ1v) is 9.84. The third-order valence-electron chi connectivity index (χ3n) is 4.32. The van der Waals surface area contributed by atoms with Gasteiger partial charge in [0.2, 0.25) is 5.89 Å². The molecule has 8 heteroatoms. The van der Waals surface area contributed by atoms with Crippen LogP contribution in [0.15, 0.2) is 52.2 Å². The Morgan fingerprint density at radius 2 is 2.10 bits per heavy atom. The molecule has 0 aliphatic rings. The predicted molar refractivity (Wildman–Crippen MR) is 113 cm³/mol. The zero-order valence-electron chi connectivity index (χ0n) is 17.7.